The lowest BCUT2D eigenvalue weighted by atomic mass is 10.1. The molecule has 2 rings (SSSR count). The zero-order valence-corrected chi connectivity index (χ0v) is 11.5. The van der Waals surface area contributed by atoms with Crippen LogP contribution in [0.15, 0.2) is 36.4 Å². The molecule has 0 bridgehead atoms. The summed E-state index contributed by atoms with van der Waals surface area (Å²) in [5, 5.41) is 0.946. The second-order valence-corrected chi connectivity index (χ2v) is 4.84. The molecule has 2 aromatic carbocycles. The summed E-state index contributed by atoms with van der Waals surface area (Å²) in [6.07, 6.45) is 0. The monoisotopic (exact) mass is 299 g/mol. The second kappa shape index (κ2) is 6.24. The van der Waals surface area contributed by atoms with E-state index < -0.39 is 0 Å². The van der Waals surface area contributed by atoms with Crippen molar-refractivity contribution in [3.05, 3.63) is 63.4 Å². The van der Waals surface area contributed by atoms with Gasteiger partial charge in [0.1, 0.15) is 18.2 Å². The molecule has 2 nitrogen and oxygen atoms in total. The fourth-order valence-electron chi connectivity index (χ4n) is 1.58. The summed E-state index contributed by atoms with van der Waals surface area (Å²) in [4.78, 5) is 0. The van der Waals surface area contributed by atoms with Gasteiger partial charge < -0.3 is 10.5 Å². The average molecular weight is 300 g/mol. The highest BCUT2D eigenvalue weighted by Crippen LogP contribution is 2.28. The van der Waals surface area contributed by atoms with Gasteiger partial charge in [0.2, 0.25) is 0 Å². The molecule has 100 valence electrons. The summed E-state index contributed by atoms with van der Waals surface area (Å²) in [5.74, 6) is 0.0811. The van der Waals surface area contributed by atoms with E-state index in [2.05, 4.69) is 0 Å². The predicted molar refractivity (Wildman–Crippen MR) is 75.1 cm³/mol. The van der Waals surface area contributed by atoms with Crippen LogP contribution < -0.4 is 10.5 Å². The summed E-state index contributed by atoms with van der Waals surface area (Å²) in [6.45, 7) is 0.384. The summed E-state index contributed by atoms with van der Waals surface area (Å²) in [6, 6.07) is 9.70. The lowest BCUT2D eigenvalue weighted by Crippen LogP contribution is -2.02. The maximum absolute atomic E-state index is 13.7. The summed E-state index contributed by atoms with van der Waals surface area (Å²) in [7, 11) is 0. The number of hydrogen-bond donors (Lipinski definition) is 1. The van der Waals surface area contributed by atoms with E-state index in [0.717, 1.165) is 5.56 Å². The first-order chi connectivity index (χ1) is 9.10. The van der Waals surface area contributed by atoms with Gasteiger partial charge in [-0.2, -0.15) is 0 Å². The third-order valence-corrected chi connectivity index (χ3v) is 3.18. The SMILES string of the molecule is NCc1ccc(COc2cc(Cl)ccc2Cl)c(F)c1. The van der Waals surface area contributed by atoms with Crippen molar-refractivity contribution >= 4 is 23.2 Å². The Balaban J connectivity index is 2.12. The highest BCUT2D eigenvalue weighted by atomic mass is 35.5. The van der Waals surface area contributed by atoms with Crippen molar-refractivity contribution in [2.75, 3.05) is 0 Å². The molecule has 0 saturated heterocycles. The van der Waals surface area contributed by atoms with Gasteiger partial charge >= 0.3 is 0 Å². The topological polar surface area (TPSA) is 35.2 Å². The molecule has 2 N–H and O–H groups in total. The molecule has 0 aliphatic heterocycles. The lowest BCUT2D eigenvalue weighted by Gasteiger charge is -2.10. The molecule has 0 saturated carbocycles. The standard InChI is InChI=1S/C14H12Cl2FNO/c15-11-3-4-12(16)14(6-11)19-8-10-2-1-9(7-18)5-13(10)17/h1-6H,7-8,18H2. The van der Waals surface area contributed by atoms with Gasteiger partial charge in [0.25, 0.3) is 0 Å². The predicted octanol–water partition coefficient (Wildman–Crippen LogP) is 4.17. The summed E-state index contributed by atoms with van der Waals surface area (Å²) >= 11 is 11.8. The number of rotatable bonds is 4. The van der Waals surface area contributed by atoms with Crippen molar-refractivity contribution in [1.29, 1.82) is 0 Å². The Kier molecular flexibility index (Phi) is 4.64. The normalized spacial score (nSPS) is 10.5. The van der Waals surface area contributed by atoms with Crippen LogP contribution in [0, 0.1) is 5.82 Å². The molecule has 0 amide bonds. The molecule has 0 heterocycles. The first kappa shape index (κ1) is 14.1. The molecule has 0 unspecified atom stereocenters. The van der Waals surface area contributed by atoms with Crippen LogP contribution in [-0.2, 0) is 13.2 Å². The first-order valence-electron chi connectivity index (χ1n) is 5.65. The van der Waals surface area contributed by atoms with E-state index in [0.29, 0.717) is 27.9 Å². The molecule has 0 radical (unpaired) electrons. The molecular formula is C14H12Cl2FNO. The van der Waals surface area contributed by atoms with Gasteiger partial charge in [0.05, 0.1) is 5.02 Å². The Morgan fingerprint density at radius 3 is 2.58 bits per heavy atom. The number of ether oxygens (including phenoxy) is 1. The molecule has 0 fully saturated rings. The Bertz CT molecular complexity index is 590. The second-order valence-electron chi connectivity index (χ2n) is 3.99. The average Bonchev–Trinajstić information content (AvgIpc) is 2.40. The molecule has 0 atom stereocenters. The van der Waals surface area contributed by atoms with Crippen LogP contribution in [0.3, 0.4) is 0 Å². The van der Waals surface area contributed by atoms with E-state index >= 15 is 0 Å². The molecule has 2 aromatic rings. The van der Waals surface area contributed by atoms with E-state index in [9.17, 15) is 4.39 Å². The first-order valence-corrected chi connectivity index (χ1v) is 6.41. The fraction of sp³-hybridized carbons (Fsp3) is 0.143. The van der Waals surface area contributed by atoms with Gasteiger partial charge in [0, 0.05) is 23.2 Å². The number of hydrogen-bond acceptors (Lipinski definition) is 2. The Hall–Kier alpha value is -1.29. The van der Waals surface area contributed by atoms with Gasteiger partial charge in [0.15, 0.2) is 0 Å². The molecule has 5 heteroatoms. The minimum absolute atomic E-state index is 0.0801. The van der Waals surface area contributed by atoms with E-state index in [1.807, 2.05) is 0 Å². The van der Waals surface area contributed by atoms with Crippen LogP contribution in [0.25, 0.3) is 0 Å². The minimum Gasteiger partial charge on any atom is -0.487 e. The maximum Gasteiger partial charge on any atom is 0.139 e. The van der Waals surface area contributed by atoms with Crippen molar-refractivity contribution < 1.29 is 9.13 Å². The molecule has 0 aromatic heterocycles. The van der Waals surface area contributed by atoms with Gasteiger partial charge in [-0.25, -0.2) is 4.39 Å². The van der Waals surface area contributed by atoms with E-state index in [1.54, 1.807) is 30.3 Å². The van der Waals surface area contributed by atoms with Gasteiger partial charge in [-0.3, -0.25) is 0 Å². The minimum atomic E-state index is -0.346. The third-order valence-electron chi connectivity index (χ3n) is 2.63. The van der Waals surface area contributed by atoms with Crippen molar-refractivity contribution in [2.24, 2.45) is 5.73 Å². The largest absolute Gasteiger partial charge is 0.487 e. The van der Waals surface area contributed by atoms with Gasteiger partial charge in [-0.15, -0.1) is 0 Å². The van der Waals surface area contributed by atoms with Gasteiger partial charge in [-0.1, -0.05) is 35.3 Å². The van der Waals surface area contributed by atoms with Gasteiger partial charge in [-0.05, 0) is 23.8 Å². The van der Waals surface area contributed by atoms with Crippen molar-refractivity contribution in [3.8, 4) is 5.75 Å². The lowest BCUT2D eigenvalue weighted by molar-refractivity contribution is 0.300. The van der Waals surface area contributed by atoms with E-state index in [4.69, 9.17) is 33.7 Å². The van der Waals surface area contributed by atoms with Crippen LogP contribution in [0.4, 0.5) is 4.39 Å². The van der Waals surface area contributed by atoms with Crippen LogP contribution in [0.1, 0.15) is 11.1 Å². The third kappa shape index (κ3) is 3.60. The maximum atomic E-state index is 13.7. The van der Waals surface area contributed by atoms with Crippen LogP contribution in [0.2, 0.25) is 10.0 Å². The Morgan fingerprint density at radius 1 is 1.11 bits per heavy atom. The molecule has 0 aliphatic carbocycles. The Morgan fingerprint density at radius 2 is 1.89 bits per heavy atom. The Labute approximate surface area is 120 Å². The molecule has 0 aliphatic rings. The summed E-state index contributed by atoms with van der Waals surface area (Å²) < 4.78 is 19.2. The van der Waals surface area contributed by atoms with E-state index in [1.165, 1.54) is 6.07 Å². The smallest absolute Gasteiger partial charge is 0.139 e. The number of benzene rings is 2. The van der Waals surface area contributed by atoms with Crippen molar-refractivity contribution in [2.45, 2.75) is 13.2 Å². The van der Waals surface area contributed by atoms with Crippen LogP contribution >= 0.6 is 23.2 Å². The van der Waals surface area contributed by atoms with Crippen molar-refractivity contribution in [1.82, 2.24) is 0 Å². The van der Waals surface area contributed by atoms with Crippen molar-refractivity contribution in [3.63, 3.8) is 0 Å². The molecule has 19 heavy (non-hydrogen) atoms. The highest BCUT2D eigenvalue weighted by molar-refractivity contribution is 6.34. The van der Waals surface area contributed by atoms with Crippen LogP contribution in [0.5, 0.6) is 5.75 Å². The highest BCUT2D eigenvalue weighted by Gasteiger charge is 2.07. The van der Waals surface area contributed by atoms with Crippen LogP contribution in [-0.4, -0.2) is 0 Å². The quantitative estimate of drug-likeness (QED) is 0.919. The zero-order chi connectivity index (χ0) is 13.8. The number of halogens is 3. The molecular weight excluding hydrogens is 288 g/mol. The number of nitrogens with two attached hydrogens (primary N) is 1. The summed E-state index contributed by atoms with van der Waals surface area (Å²) in [5.41, 5.74) is 6.62. The molecule has 0 spiro atoms. The zero-order valence-electron chi connectivity index (χ0n) is 10.00. The van der Waals surface area contributed by atoms with E-state index in [-0.39, 0.29) is 12.4 Å². The fourth-order valence-corrected chi connectivity index (χ4v) is 1.91.